The topological polar surface area (TPSA) is 94.1 Å². The van der Waals surface area contributed by atoms with Crippen molar-refractivity contribution in [2.24, 2.45) is 7.05 Å². The summed E-state index contributed by atoms with van der Waals surface area (Å²) < 4.78 is 13.4. The molecular formula is C27H32ClN7O2. The van der Waals surface area contributed by atoms with Gasteiger partial charge in [0, 0.05) is 30.3 Å². The molecule has 0 amide bonds. The predicted octanol–water partition coefficient (Wildman–Crippen LogP) is 4.93. The van der Waals surface area contributed by atoms with E-state index in [1.54, 1.807) is 0 Å². The third-order valence-corrected chi connectivity index (χ3v) is 7.20. The number of anilines is 1. The first-order valence-electron chi connectivity index (χ1n) is 12.4. The summed E-state index contributed by atoms with van der Waals surface area (Å²) in [5.41, 5.74) is 7.63. The monoisotopic (exact) mass is 521 g/mol. The minimum absolute atomic E-state index is 0.534. The number of fused-ring (bicyclic) bond motifs is 1. The maximum Gasteiger partial charge on any atom is 0.163 e. The summed E-state index contributed by atoms with van der Waals surface area (Å²) in [5.74, 6) is 2.84. The molecular weight excluding hydrogens is 490 g/mol. The molecule has 1 aliphatic heterocycles. The zero-order chi connectivity index (χ0) is 26.3. The van der Waals surface area contributed by atoms with E-state index in [0.717, 1.165) is 64.8 Å². The summed E-state index contributed by atoms with van der Waals surface area (Å²) in [6, 6.07) is 5.63. The Morgan fingerprint density at radius 1 is 1.11 bits per heavy atom. The molecule has 10 heteroatoms. The molecule has 0 atom stereocenters. The lowest BCUT2D eigenvalue weighted by atomic mass is 10.0. The zero-order valence-corrected chi connectivity index (χ0v) is 22.9. The van der Waals surface area contributed by atoms with Crippen molar-refractivity contribution in [3.05, 3.63) is 57.2 Å². The van der Waals surface area contributed by atoms with Gasteiger partial charge in [-0.2, -0.15) is 5.10 Å². The summed E-state index contributed by atoms with van der Waals surface area (Å²) in [5, 5.41) is 12.5. The average Bonchev–Trinajstić information content (AvgIpc) is 3.53. The lowest BCUT2D eigenvalue weighted by Crippen LogP contribution is -2.20. The molecule has 1 aliphatic rings. The van der Waals surface area contributed by atoms with Crippen molar-refractivity contribution in [1.82, 2.24) is 30.2 Å². The Balaban J connectivity index is 1.61. The molecule has 194 valence electrons. The predicted molar refractivity (Wildman–Crippen MR) is 144 cm³/mol. The van der Waals surface area contributed by atoms with Crippen LogP contribution in [0.3, 0.4) is 0 Å². The number of halogens is 1. The molecule has 0 aliphatic carbocycles. The number of nitrogens with one attached hydrogen (secondary N) is 1. The lowest BCUT2D eigenvalue weighted by Gasteiger charge is -2.22. The number of ether oxygens (including phenoxy) is 1. The van der Waals surface area contributed by atoms with Crippen molar-refractivity contribution in [3.8, 4) is 28.4 Å². The number of rotatable bonds is 8. The Morgan fingerprint density at radius 2 is 1.92 bits per heavy atom. The van der Waals surface area contributed by atoms with Gasteiger partial charge in [-0.1, -0.05) is 16.8 Å². The second kappa shape index (κ2) is 10.1. The van der Waals surface area contributed by atoms with E-state index in [1.807, 2.05) is 50.8 Å². The van der Waals surface area contributed by atoms with E-state index in [9.17, 15) is 0 Å². The minimum atomic E-state index is 0.534. The molecule has 0 unspecified atom stereocenters. The van der Waals surface area contributed by atoms with Crippen LogP contribution in [0.15, 0.2) is 22.7 Å². The molecule has 0 saturated heterocycles. The summed E-state index contributed by atoms with van der Waals surface area (Å²) >= 11 is 6.70. The van der Waals surface area contributed by atoms with E-state index < -0.39 is 0 Å². The van der Waals surface area contributed by atoms with Crippen LogP contribution in [0.25, 0.3) is 22.6 Å². The van der Waals surface area contributed by atoms with Gasteiger partial charge in [-0.15, -0.1) is 0 Å². The fraction of sp³-hybridized carbons (Fsp3) is 0.407. The SMILES string of the molecule is CNCCCOc1ccc(Cl)c(-c2nc(-c3c(C)noc3C)c(C)c(N3Cc4c(C)nn(C)c4C3)n2)c1. The van der Waals surface area contributed by atoms with Gasteiger partial charge in [-0.3, -0.25) is 4.68 Å². The van der Waals surface area contributed by atoms with Gasteiger partial charge in [0.15, 0.2) is 5.82 Å². The summed E-state index contributed by atoms with van der Waals surface area (Å²) in [6.07, 6.45) is 0.902. The quantitative estimate of drug-likeness (QED) is 0.326. The number of nitrogens with zero attached hydrogens (tertiary/aromatic N) is 6. The standard InChI is InChI=1S/C27H32ClN7O2/c1-15-25(24-17(3)33-37-18(24)4)30-26(20-12-19(8-9-22(20)28)36-11-7-10-29-5)31-27(15)35-13-21-16(2)32-34(6)23(21)14-35/h8-9,12,29H,7,10-11,13-14H2,1-6H3. The van der Waals surface area contributed by atoms with E-state index in [0.29, 0.717) is 29.8 Å². The second-order valence-electron chi connectivity index (χ2n) is 9.48. The lowest BCUT2D eigenvalue weighted by molar-refractivity contribution is 0.310. The van der Waals surface area contributed by atoms with Crippen molar-refractivity contribution in [2.45, 2.75) is 47.2 Å². The zero-order valence-electron chi connectivity index (χ0n) is 22.1. The third-order valence-electron chi connectivity index (χ3n) is 6.87. The molecule has 0 saturated carbocycles. The first-order chi connectivity index (χ1) is 17.8. The van der Waals surface area contributed by atoms with Crippen LogP contribution in [0.4, 0.5) is 5.82 Å². The van der Waals surface area contributed by atoms with Gasteiger partial charge in [0.25, 0.3) is 0 Å². The third kappa shape index (κ3) is 4.69. The molecule has 5 rings (SSSR count). The normalized spacial score (nSPS) is 12.9. The van der Waals surface area contributed by atoms with Crippen molar-refractivity contribution in [2.75, 3.05) is 25.1 Å². The highest BCUT2D eigenvalue weighted by Gasteiger charge is 2.30. The van der Waals surface area contributed by atoms with Crippen LogP contribution < -0.4 is 15.0 Å². The highest BCUT2D eigenvalue weighted by Crippen LogP contribution is 2.39. The van der Waals surface area contributed by atoms with E-state index in [2.05, 4.69) is 34.3 Å². The largest absolute Gasteiger partial charge is 0.494 e. The van der Waals surface area contributed by atoms with Crippen molar-refractivity contribution in [1.29, 1.82) is 0 Å². The van der Waals surface area contributed by atoms with Crippen LogP contribution in [-0.2, 0) is 20.1 Å². The Hall–Kier alpha value is -3.43. The molecule has 0 radical (unpaired) electrons. The number of aromatic nitrogens is 5. The minimum Gasteiger partial charge on any atom is -0.494 e. The molecule has 9 nitrogen and oxygen atoms in total. The number of hydrogen-bond acceptors (Lipinski definition) is 8. The Labute approximate surface area is 221 Å². The van der Waals surface area contributed by atoms with Crippen LogP contribution >= 0.6 is 11.6 Å². The smallest absolute Gasteiger partial charge is 0.163 e. The number of hydrogen-bond donors (Lipinski definition) is 1. The highest BCUT2D eigenvalue weighted by molar-refractivity contribution is 6.33. The molecule has 0 bridgehead atoms. The number of aryl methyl sites for hydroxylation is 4. The van der Waals surface area contributed by atoms with Crippen molar-refractivity contribution in [3.63, 3.8) is 0 Å². The van der Waals surface area contributed by atoms with Crippen molar-refractivity contribution >= 4 is 17.4 Å². The Bertz CT molecular complexity index is 1410. The van der Waals surface area contributed by atoms with Crippen LogP contribution in [0, 0.1) is 27.7 Å². The molecule has 1 aromatic carbocycles. The molecule has 4 aromatic rings. The summed E-state index contributed by atoms with van der Waals surface area (Å²) in [6.45, 7) is 10.9. The highest BCUT2D eigenvalue weighted by atomic mass is 35.5. The maximum atomic E-state index is 6.70. The van der Waals surface area contributed by atoms with Gasteiger partial charge in [0.05, 0.1) is 46.5 Å². The van der Waals surface area contributed by atoms with Crippen molar-refractivity contribution < 1.29 is 9.26 Å². The molecule has 3 aromatic heterocycles. The van der Waals surface area contributed by atoms with Crippen LogP contribution in [0.5, 0.6) is 5.75 Å². The van der Waals surface area contributed by atoms with E-state index in [4.69, 9.17) is 30.8 Å². The number of benzene rings is 1. The van der Waals surface area contributed by atoms with E-state index in [-0.39, 0.29) is 0 Å². The summed E-state index contributed by atoms with van der Waals surface area (Å²) in [7, 11) is 3.92. The van der Waals surface area contributed by atoms with Gasteiger partial charge in [0.2, 0.25) is 0 Å². The van der Waals surface area contributed by atoms with Crippen LogP contribution in [0.1, 0.15) is 40.4 Å². The molecule has 4 heterocycles. The van der Waals surface area contributed by atoms with Gasteiger partial charge >= 0.3 is 0 Å². The molecule has 0 spiro atoms. The molecule has 0 fully saturated rings. The molecule has 37 heavy (non-hydrogen) atoms. The van der Waals surface area contributed by atoms with Crippen LogP contribution in [-0.4, -0.2) is 45.1 Å². The maximum absolute atomic E-state index is 6.70. The Morgan fingerprint density at radius 3 is 2.62 bits per heavy atom. The van der Waals surface area contributed by atoms with Gasteiger partial charge in [0.1, 0.15) is 17.3 Å². The average molecular weight is 522 g/mol. The fourth-order valence-electron chi connectivity index (χ4n) is 4.93. The summed E-state index contributed by atoms with van der Waals surface area (Å²) in [4.78, 5) is 12.4. The van der Waals surface area contributed by atoms with E-state index in [1.165, 1.54) is 11.3 Å². The Kier molecular flexibility index (Phi) is 6.92. The van der Waals surface area contributed by atoms with E-state index >= 15 is 0 Å². The first-order valence-corrected chi connectivity index (χ1v) is 12.8. The van der Waals surface area contributed by atoms with Gasteiger partial charge in [-0.05, 0) is 65.9 Å². The second-order valence-corrected chi connectivity index (χ2v) is 9.89. The van der Waals surface area contributed by atoms with Gasteiger partial charge < -0.3 is 19.5 Å². The first kappa shape index (κ1) is 25.2. The fourth-order valence-corrected chi connectivity index (χ4v) is 5.13. The van der Waals surface area contributed by atoms with Crippen LogP contribution in [0.2, 0.25) is 5.02 Å². The molecule has 1 N–H and O–H groups in total. The van der Waals surface area contributed by atoms with Gasteiger partial charge in [-0.25, -0.2) is 9.97 Å².